The number of nitrogens with two attached hydrogens (primary N) is 1. The second kappa shape index (κ2) is 4.64. The lowest BCUT2D eigenvalue weighted by atomic mass is 10.1. The monoisotopic (exact) mass is 246 g/mol. The van der Waals surface area contributed by atoms with Crippen molar-refractivity contribution in [3.63, 3.8) is 0 Å². The number of anilines is 1. The van der Waals surface area contributed by atoms with Gasteiger partial charge in [0.15, 0.2) is 0 Å². The molecule has 0 spiro atoms. The van der Waals surface area contributed by atoms with Gasteiger partial charge >= 0.3 is 0 Å². The van der Waals surface area contributed by atoms with Gasteiger partial charge in [-0.3, -0.25) is 0 Å². The number of furan rings is 1. The third-order valence-corrected chi connectivity index (χ3v) is 3.84. The molecule has 2 aromatic rings. The van der Waals surface area contributed by atoms with Gasteiger partial charge in [0.25, 0.3) is 0 Å². The third-order valence-electron chi connectivity index (χ3n) is 2.64. The molecule has 17 heavy (non-hydrogen) atoms. The molecule has 0 fully saturated rings. The van der Waals surface area contributed by atoms with Crippen molar-refractivity contribution in [1.29, 1.82) is 5.26 Å². The lowest BCUT2D eigenvalue weighted by molar-refractivity contribution is 0.535. The Morgan fingerprint density at radius 3 is 2.82 bits per heavy atom. The van der Waals surface area contributed by atoms with E-state index in [9.17, 15) is 0 Å². The normalized spacial score (nSPS) is 10.4. The van der Waals surface area contributed by atoms with Gasteiger partial charge in [0, 0.05) is 10.4 Å². The number of nitrogens with zero attached hydrogens (tertiary/aromatic N) is 1. The van der Waals surface area contributed by atoms with E-state index in [2.05, 4.69) is 13.0 Å². The molecular weight excluding hydrogens is 232 g/mol. The summed E-state index contributed by atoms with van der Waals surface area (Å²) in [5.74, 6) is 0.868. The minimum absolute atomic E-state index is 0.599. The maximum Gasteiger partial charge on any atom is 0.128 e. The van der Waals surface area contributed by atoms with Gasteiger partial charge in [-0.2, -0.15) is 5.26 Å². The molecule has 2 rings (SSSR count). The van der Waals surface area contributed by atoms with Crippen molar-refractivity contribution < 1.29 is 4.42 Å². The Balaban J connectivity index is 2.57. The second-order valence-electron chi connectivity index (χ2n) is 3.96. The van der Waals surface area contributed by atoms with Gasteiger partial charge in [-0.05, 0) is 25.0 Å². The summed E-state index contributed by atoms with van der Waals surface area (Å²) in [7, 11) is 0. The predicted molar refractivity (Wildman–Crippen MR) is 69.9 cm³/mol. The smallest absolute Gasteiger partial charge is 0.128 e. The van der Waals surface area contributed by atoms with E-state index in [1.54, 1.807) is 6.26 Å². The van der Waals surface area contributed by atoms with Crippen LogP contribution in [0.5, 0.6) is 0 Å². The molecule has 0 atom stereocenters. The highest BCUT2D eigenvalue weighted by Crippen LogP contribution is 2.39. The molecule has 0 aliphatic heterocycles. The Kier molecular flexibility index (Phi) is 3.21. The first-order valence-corrected chi connectivity index (χ1v) is 6.35. The van der Waals surface area contributed by atoms with Gasteiger partial charge < -0.3 is 10.2 Å². The van der Waals surface area contributed by atoms with Crippen molar-refractivity contribution >= 4 is 17.0 Å². The lowest BCUT2D eigenvalue weighted by Gasteiger charge is -2.00. The fourth-order valence-electron chi connectivity index (χ4n) is 1.85. The molecule has 3 nitrogen and oxygen atoms in total. The second-order valence-corrected chi connectivity index (χ2v) is 4.98. The van der Waals surface area contributed by atoms with Crippen LogP contribution in [0.2, 0.25) is 0 Å². The number of nitriles is 1. The van der Waals surface area contributed by atoms with Gasteiger partial charge in [-0.1, -0.05) is 13.3 Å². The van der Waals surface area contributed by atoms with E-state index < -0.39 is 0 Å². The Bertz CT molecular complexity index is 575. The molecule has 88 valence electrons. The largest absolute Gasteiger partial charge is 0.469 e. The minimum Gasteiger partial charge on any atom is -0.469 e. The van der Waals surface area contributed by atoms with E-state index in [0.29, 0.717) is 10.6 Å². The van der Waals surface area contributed by atoms with Crippen LogP contribution in [0.15, 0.2) is 16.7 Å². The van der Waals surface area contributed by atoms with Crippen LogP contribution in [0.25, 0.3) is 10.4 Å². The Hall–Kier alpha value is -1.73. The zero-order chi connectivity index (χ0) is 12.4. The maximum atomic E-state index is 9.03. The molecule has 0 saturated heterocycles. The van der Waals surface area contributed by atoms with Crippen LogP contribution in [0, 0.1) is 18.3 Å². The number of aryl methyl sites for hydroxylation is 1. The molecule has 2 N–H and O–H groups in total. The van der Waals surface area contributed by atoms with Crippen molar-refractivity contribution in [2.24, 2.45) is 0 Å². The summed E-state index contributed by atoms with van der Waals surface area (Å²) < 4.78 is 5.32. The van der Waals surface area contributed by atoms with E-state index in [-0.39, 0.29) is 0 Å². The van der Waals surface area contributed by atoms with E-state index >= 15 is 0 Å². The number of rotatable bonds is 3. The van der Waals surface area contributed by atoms with Gasteiger partial charge in [0.05, 0.1) is 12.0 Å². The van der Waals surface area contributed by atoms with Crippen molar-refractivity contribution in [2.45, 2.75) is 26.7 Å². The van der Waals surface area contributed by atoms with Crippen LogP contribution in [0.4, 0.5) is 5.69 Å². The molecule has 0 aliphatic rings. The van der Waals surface area contributed by atoms with Gasteiger partial charge in [0.1, 0.15) is 16.7 Å². The van der Waals surface area contributed by atoms with Crippen LogP contribution < -0.4 is 5.73 Å². The minimum atomic E-state index is 0.599. The molecule has 0 aliphatic carbocycles. The first-order chi connectivity index (χ1) is 8.17. The summed E-state index contributed by atoms with van der Waals surface area (Å²) in [6.07, 6.45) is 3.63. The SMILES string of the molecule is CCCc1c(-c2coc(C)c2)sc(C#N)c1N. The molecule has 0 saturated carbocycles. The number of hydrogen-bond acceptors (Lipinski definition) is 4. The van der Waals surface area contributed by atoms with E-state index in [0.717, 1.165) is 34.6 Å². The van der Waals surface area contributed by atoms with Crippen molar-refractivity contribution in [3.8, 4) is 16.5 Å². The Labute approximate surface area is 104 Å². The fourth-order valence-corrected chi connectivity index (χ4v) is 2.90. The number of hydrogen-bond donors (Lipinski definition) is 1. The van der Waals surface area contributed by atoms with Crippen molar-refractivity contribution in [1.82, 2.24) is 0 Å². The Morgan fingerprint density at radius 2 is 2.29 bits per heavy atom. The molecule has 4 heteroatoms. The maximum absolute atomic E-state index is 9.03. The van der Waals surface area contributed by atoms with E-state index in [1.165, 1.54) is 11.3 Å². The molecular formula is C13H14N2OS. The van der Waals surface area contributed by atoms with Gasteiger partial charge in [0.2, 0.25) is 0 Å². The summed E-state index contributed by atoms with van der Waals surface area (Å²) in [5.41, 5.74) is 8.73. The molecule has 2 heterocycles. The zero-order valence-corrected chi connectivity index (χ0v) is 10.7. The zero-order valence-electron chi connectivity index (χ0n) is 9.91. The first-order valence-electron chi connectivity index (χ1n) is 5.54. The van der Waals surface area contributed by atoms with Crippen LogP contribution >= 0.6 is 11.3 Å². The molecule has 0 bridgehead atoms. The summed E-state index contributed by atoms with van der Waals surface area (Å²) >= 11 is 1.45. The van der Waals surface area contributed by atoms with E-state index in [1.807, 2.05) is 13.0 Å². The highest BCUT2D eigenvalue weighted by atomic mass is 32.1. The van der Waals surface area contributed by atoms with Crippen LogP contribution in [0.1, 0.15) is 29.5 Å². The van der Waals surface area contributed by atoms with Crippen LogP contribution in [0.3, 0.4) is 0 Å². The summed E-state index contributed by atoms with van der Waals surface area (Å²) in [5, 5.41) is 9.03. The molecule has 0 aromatic carbocycles. The fraction of sp³-hybridized carbons (Fsp3) is 0.308. The summed E-state index contributed by atoms with van der Waals surface area (Å²) in [4.78, 5) is 1.67. The van der Waals surface area contributed by atoms with E-state index in [4.69, 9.17) is 15.4 Å². The summed E-state index contributed by atoms with van der Waals surface area (Å²) in [6.45, 7) is 4.01. The van der Waals surface area contributed by atoms with Crippen molar-refractivity contribution in [3.05, 3.63) is 28.5 Å². The highest BCUT2D eigenvalue weighted by molar-refractivity contribution is 7.16. The first kappa shape index (κ1) is 11.7. The van der Waals surface area contributed by atoms with Crippen LogP contribution in [-0.2, 0) is 6.42 Å². The molecule has 0 radical (unpaired) electrons. The van der Waals surface area contributed by atoms with Crippen molar-refractivity contribution in [2.75, 3.05) is 5.73 Å². The predicted octanol–water partition coefficient (Wildman–Crippen LogP) is 3.72. The topological polar surface area (TPSA) is 63.0 Å². The lowest BCUT2D eigenvalue weighted by Crippen LogP contribution is -1.92. The highest BCUT2D eigenvalue weighted by Gasteiger charge is 2.17. The van der Waals surface area contributed by atoms with Gasteiger partial charge in [-0.15, -0.1) is 11.3 Å². The Morgan fingerprint density at radius 1 is 1.53 bits per heavy atom. The molecule has 0 amide bonds. The number of thiophene rings is 1. The number of nitrogen functional groups attached to an aromatic ring is 1. The average Bonchev–Trinajstić information content (AvgIpc) is 2.85. The molecule has 0 unspecified atom stereocenters. The summed E-state index contributed by atoms with van der Waals surface area (Å²) in [6, 6.07) is 4.13. The standard InChI is InChI=1S/C13H14N2OS/c1-3-4-10-12(15)11(6-14)17-13(10)9-5-8(2)16-7-9/h5,7H,3-4,15H2,1-2H3. The average molecular weight is 246 g/mol. The quantitative estimate of drug-likeness (QED) is 0.897. The molecule has 2 aromatic heterocycles. The third kappa shape index (κ3) is 2.06. The van der Waals surface area contributed by atoms with Crippen LogP contribution in [-0.4, -0.2) is 0 Å². The van der Waals surface area contributed by atoms with Gasteiger partial charge in [-0.25, -0.2) is 0 Å².